The van der Waals surface area contributed by atoms with Gasteiger partial charge in [-0.05, 0) is 19.1 Å². The molecule has 0 aromatic carbocycles. The molecular formula is C12H11NO3. The summed E-state index contributed by atoms with van der Waals surface area (Å²) >= 11 is 0. The van der Waals surface area contributed by atoms with Gasteiger partial charge in [0.05, 0.1) is 12.7 Å². The number of rotatable bonds is 3. The predicted octanol–water partition coefficient (Wildman–Crippen LogP) is 2.47. The zero-order valence-electron chi connectivity index (χ0n) is 9.06. The van der Waals surface area contributed by atoms with Crippen molar-refractivity contribution in [2.45, 2.75) is 6.92 Å². The van der Waals surface area contributed by atoms with Crippen molar-refractivity contribution in [1.29, 1.82) is 0 Å². The van der Waals surface area contributed by atoms with Crippen molar-refractivity contribution in [1.82, 2.24) is 4.98 Å². The Kier molecular flexibility index (Phi) is 2.72. The Hall–Kier alpha value is -2.10. The molecule has 0 N–H and O–H groups in total. The molecule has 0 radical (unpaired) electrons. The van der Waals surface area contributed by atoms with Crippen LogP contribution in [0.2, 0.25) is 0 Å². The van der Waals surface area contributed by atoms with Crippen molar-refractivity contribution >= 4 is 6.29 Å². The fourth-order valence-electron chi connectivity index (χ4n) is 1.41. The van der Waals surface area contributed by atoms with Gasteiger partial charge in [-0.3, -0.25) is 4.79 Å². The first-order valence-electron chi connectivity index (χ1n) is 4.81. The Morgan fingerprint density at radius 2 is 2.25 bits per heavy atom. The number of ether oxygens (including phenoxy) is 1. The molecule has 0 saturated carbocycles. The van der Waals surface area contributed by atoms with Crippen LogP contribution in [-0.4, -0.2) is 18.4 Å². The molecule has 0 saturated heterocycles. The second kappa shape index (κ2) is 4.18. The summed E-state index contributed by atoms with van der Waals surface area (Å²) in [6.07, 6.45) is 0.766. The van der Waals surface area contributed by atoms with Crippen LogP contribution in [0, 0.1) is 6.92 Å². The number of methoxy groups -OCH3 is 1. The van der Waals surface area contributed by atoms with Crippen molar-refractivity contribution in [2.24, 2.45) is 0 Å². The molecule has 0 amide bonds. The number of hydrogen-bond acceptors (Lipinski definition) is 4. The number of carbonyl (C=O) groups excluding carboxylic acids is 1. The Morgan fingerprint density at radius 1 is 1.44 bits per heavy atom. The van der Waals surface area contributed by atoms with Gasteiger partial charge in [-0.25, -0.2) is 4.98 Å². The lowest BCUT2D eigenvalue weighted by Crippen LogP contribution is -1.88. The Morgan fingerprint density at radius 3 is 2.88 bits per heavy atom. The maximum atomic E-state index is 10.7. The summed E-state index contributed by atoms with van der Waals surface area (Å²) in [5.74, 6) is 1.67. The Balaban J connectivity index is 2.45. The highest BCUT2D eigenvalue weighted by molar-refractivity contribution is 5.78. The smallest absolute Gasteiger partial charge is 0.213 e. The standard InChI is InChI=1S/C12H11NO3/c1-8-9(7-14)6-11(16-8)10-4-3-5-12(13-10)15-2/h3-7H,1-2H3. The molecule has 0 spiro atoms. The fourth-order valence-corrected chi connectivity index (χ4v) is 1.41. The van der Waals surface area contributed by atoms with E-state index < -0.39 is 0 Å². The van der Waals surface area contributed by atoms with E-state index in [1.165, 1.54) is 0 Å². The van der Waals surface area contributed by atoms with Crippen molar-refractivity contribution in [3.63, 3.8) is 0 Å². The summed E-state index contributed by atoms with van der Waals surface area (Å²) in [5, 5.41) is 0. The molecule has 2 aromatic heterocycles. The van der Waals surface area contributed by atoms with Crippen LogP contribution in [0.25, 0.3) is 11.5 Å². The summed E-state index contributed by atoms with van der Waals surface area (Å²) in [4.78, 5) is 14.9. The first kappa shape index (κ1) is 10.4. The van der Waals surface area contributed by atoms with Crippen molar-refractivity contribution in [2.75, 3.05) is 7.11 Å². The second-order valence-corrected chi connectivity index (χ2v) is 3.31. The maximum absolute atomic E-state index is 10.7. The van der Waals surface area contributed by atoms with Gasteiger partial charge < -0.3 is 9.15 Å². The lowest BCUT2D eigenvalue weighted by atomic mass is 10.2. The third-order valence-electron chi connectivity index (χ3n) is 2.27. The zero-order valence-corrected chi connectivity index (χ0v) is 9.06. The van der Waals surface area contributed by atoms with E-state index in [9.17, 15) is 4.79 Å². The molecule has 2 rings (SSSR count). The predicted molar refractivity (Wildman–Crippen MR) is 58.6 cm³/mol. The zero-order chi connectivity index (χ0) is 11.5. The van der Waals surface area contributed by atoms with Crippen LogP contribution in [-0.2, 0) is 0 Å². The van der Waals surface area contributed by atoms with Gasteiger partial charge >= 0.3 is 0 Å². The summed E-state index contributed by atoms with van der Waals surface area (Å²) in [5.41, 5.74) is 1.19. The van der Waals surface area contributed by atoms with E-state index in [1.807, 2.05) is 6.07 Å². The molecule has 0 aliphatic rings. The number of aryl methyl sites for hydroxylation is 1. The number of carbonyl (C=O) groups is 1. The number of hydrogen-bond donors (Lipinski definition) is 0. The van der Waals surface area contributed by atoms with E-state index in [0.29, 0.717) is 28.7 Å². The Bertz CT molecular complexity index is 517. The monoisotopic (exact) mass is 217 g/mol. The average molecular weight is 217 g/mol. The molecule has 0 aliphatic heterocycles. The molecule has 4 heteroatoms. The van der Waals surface area contributed by atoms with Crippen LogP contribution < -0.4 is 4.74 Å². The van der Waals surface area contributed by atoms with Crippen LogP contribution in [0.3, 0.4) is 0 Å². The van der Waals surface area contributed by atoms with Gasteiger partial charge in [0.1, 0.15) is 11.5 Å². The molecule has 2 heterocycles. The lowest BCUT2D eigenvalue weighted by molar-refractivity contribution is 0.112. The van der Waals surface area contributed by atoms with Crippen LogP contribution >= 0.6 is 0 Å². The van der Waals surface area contributed by atoms with Gasteiger partial charge in [0.25, 0.3) is 0 Å². The quantitative estimate of drug-likeness (QED) is 0.741. The minimum Gasteiger partial charge on any atom is -0.481 e. The molecule has 0 fully saturated rings. The van der Waals surface area contributed by atoms with Crippen LogP contribution in [0.4, 0.5) is 0 Å². The second-order valence-electron chi connectivity index (χ2n) is 3.31. The van der Waals surface area contributed by atoms with Gasteiger partial charge in [0.2, 0.25) is 5.88 Å². The van der Waals surface area contributed by atoms with E-state index in [0.717, 1.165) is 6.29 Å². The van der Waals surface area contributed by atoms with Crippen LogP contribution in [0.5, 0.6) is 5.88 Å². The molecular weight excluding hydrogens is 206 g/mol. The number of nitrogens with zero attached hydrogens (tertiary/aromatic N) is 1. The van der Waals surface area contributed by atoms with Gasteiger partial charge in [-0.2, -0.15) is 0 Å². The number of aromatic nitrogens is 1. The van der Waals surface area contributed by atoms with Gasteiger partial charge in [-0.1, -0.05) is 6.07 Å². The summed E-state index contributed by atoms with van der Waals surface area (Å²) in [6.45, 7) is 1.74. The minimum atomic E-state index is 0.513. The molecule has 0 bridgehead atoms. The Labute approximate surface area is 92.9 Å². The third-order valence-corrected chi connectivity index (χ3v) is 2.27. The first-order valence-corrected chi connectivity index (χ1v) is 4.81. The molecule has 16 heavy (non-hydrogen) atoms. The van der Waals surface area contributed by atoms with E-state index >= 15 is 0 Å². The van der Waals surface area contributed by atoms with E-state index in [-0.39, 0.29) is 0 Å². The highest BCUT2D eigenvalue weighted by Crippen LogP contribution is 2.24. The van der Waals surface area contributed by atoms with Gasteiger partial charge in [0, 0.05) is 6.07 Å². The number of aldehydes is 1. The van der Waals surface area contributed by atoms with E-state index in [1.54, 1.807) is 32.2 Å². The van der Waals surface area contributed by atoms with Gasteiger partial charge in [-0.15, -0.1) is 0 Å². The fraction of sp³-hybridized carbons (Fsp3) is 0.167. The lowest BCUT2D eigenvalue weighted by Gasteiger charge is -1.99. The summed E-state index contributed by atoms with van der Waals surface area (Å²) in [7, 11) is 1.55. The first-order chi connectivity index (χ1) is 7.74. The summed E-state index contributed by atoms with van der Waals surface area (Å²) < 4.78 is 10.5. The van der Waals surface area contributed by atoms with Crippen LogP contribution in [0.1, 0.15) is 16.1 Å². The van der Waals surface area contributed by atoms with E-state index in [2.05, 4.69) is 4.98 Å². The number of pyridine rings is 1. The highest BCUT2D eigenvalue weighted by atomic mass is 16.5. The topological polar surface area (TPSA) is 52.3 Å². The largest absolute Gasteiger partial charge is 0.481 e. The molecule has 2 aromatic rings. The molecule has 0 atom stereocenters. The van der Waals surface area contributed by atoms with Crippen molar-refractivity contribution < 1.29 is 13.9 Å². The van der Waals surface area contributed by atoms with E-state index in [4.69, 9.17) is 9.15 Å². The normalized spacial score (nSPS) is 10.1. The minimum absolute atomic E-state index is 0.513. The van der Waals surface area contributed by atoms with Crippen molar-refractivity contribution in [3.8, 4) is 17.3 Å². The average Bonchev–Trinajstić information content (AvgIpc) is 2.71. The summed E-state index contributed by atoms with van der Waals surface area (Å²) in [6, 6.07) is 7.04. The number of furan rings is 1. The molecule has 82 valence electrons. The molecule has 0 unspecified atom stereocenters. The van der Waals surface area contributed by atoms with Gasteiger partial charge in [0.15, 0.2) is 12.0 Å². The third kappa shape index (κ3) is 1.82. The molecule has 0 aliphatic carbocycles. The maximum Gasteiger partial charge on any atom is 0.213 e. The highest BCUT2D eigenvalue weighted by Gasteiger charge is 2.10. The van der Waals surface area contributed by atoms with Crippen LogP contribution in [0.15, 0.2) is 28.7 Å². The van der Waals surface area contributed by atoms with Crippen molar-refractivity contribution in [3.05, 3.63) is 35.6 Å². The SMILES string of the molecule is COc1cccc(-c2cc(C=O)c(C)o2)n1. The molecule has 4 nitrogen and oxygen atoms in total.